The highest BCUT2D eigenvalue weighted by atomic mass is 19.4. The van der Waals surface area contributed by atoms with Crippen molar-refractivity contribution in [2.24, 2.45) is 0 Å². The van der Waals surface area contributed by atoms with Gasteiger partial charge in [0.25, 0.3) is 11.5 Å². The van der Waals surface area contributed by atoms with Gasteiger partial charge in [-0.1, -0.05) is 12.1 Å². The van der Waals surface area contributed by atoms with Gasteiger partial charge in [-0.05, 0) is 31.5 Å². The summed E-state index contributed by atoms with van der Waals surface area (Å²) in [4.78, 5) is 34.2. The molecule has 0 saturated carbocycles. The maximum atomic E-state index is 13.1. The number of morpholine rings is 1. The third-order valence-corrected chi connectivity index (χ3v) is 5.27. The van der Waals surface area contributed by atoms with E-state index in [2.05, 4.69) is 15.1 Å². The number of aromatic nitrogens is 4. The summed E-state index contributed by atoms with van der Waals surface area (Å²) in [6.45, 7) is 4.85. The molecule has 8 nitrogen and oxygen atoms in total. The molecule has 0 spiro atoms. The van der Waals surface area contributed by atoms with Gasteiger partial charge in [-0.25, -0.2) is 9.67 Å². The van der Waals surface area contributed by atoms with Crippen molar-refractivity contribution in [3.63, 3.8) is 0 Å². The van der Waals surface area contributed by atoms with Gasteiger partial charge in [0.05, 0.1) is 24.8 Å². The number of halogens is 3. The van der Waals surface area contributed by atoms with Crippen molar-refractivity contribution >= 4 is 16.9 Å². The lowest BCUT2D eigenvalue weighted by molar-refractivity contribution is -0.137. The number of amides is 1. The van der Waals surface area contributed by atoms with Crippen LogP contribution in [0.3, 0.4) is 0 Å². The first-order valence-corrected chi connectivity index (χ1v) is 9.70. The molecule has 31 heavy (non-hydrogen) atoms. The second kappa shape index (κ2) is 7.80. The molecule has 1 atom stereocenters. The Kier molecular flexibility index (Phi) is 5.29. The van der Waals surface area contributed by atoms with E-state index in [4.69, 9.17) is 4.74 Å². The van der Waals surface area contributed by atoms with Crippen molar-refractivity contribution in [1.82, 2.24) is 24.6 Å². The fourth-order valence-electron chi connectivity index (χ4n) is 3.58. The molecular weight excluding hydrogens is 415 g/mol. The minimum absolute atomic E-state index is 0.0376. The van der Waals surface area contributed by atoms with Crippen molar-refractivity contribution in [3.8, 4) is 0 Å². The van der Waals surface area contributed by atoms with Crippen LogP contribution in [0.4, 0.5) is 13.2 Å². The van der Waals surface area contributed by atoms with Crippen LogP contribution in [0, 0.1) is 6.92 Å². The van der Waals surface area contributed by atoms with Crippen LogP contribution >= 0.6 is 0 Å². The Labute approximate surface area is 174 Å². The van der Waals surface area contributed by atoms with Gasteiger partial charge in [0.2, 0.25) is 0 Å². The number of nitrogens with zero attached hydrogens (tertiary/aromatic N) is 4. The van der Waals surface area contributed by atoms with Crippen LogP contribution in [0.2, 0.25) is 0 Å². The molecule has 1 amide bonds. The number of benzene rings is 1. The second-order valence-electron chi connectivity index (χ2n) is 7.34. The van der Waals surface area contributed by atoms with Gasteiger partial charge in [0.1, 0.15) is 11.2 Å². The zero-order chi connectivity index (χ0) is 22.3. The van der Waals surface area contributed by atoms with Crippen molar-refractivity contribution < 1.29 is 22.7 Å². The molecule has 11 heteroatoms. The van der Waals surface area contributed by atoms with Gasteiger partial charge in [-0.3, -0.25) is 9.59 Å². The Hall–Kier alpha value is -3.21. The van der Waals surface area contributed by atoms with Gasteiger partial charge in [-0.15, -0.1) is 0 Å². The number of carbonyl (C=O) groups excluding carboxylic acids is 1. The average Bonchev–Trinajstić information content (AvgIpc) is 3.12. The summed E-state index contributed by atoms with van der Waals surface area (Å²) >= 11 is 0. The molecular formula is C20H20F3N5O3. The minimum Gasteiger partial charge on any atom is -0.378 e. The maximum Gasteiger partial charge on any atom is 0.416 e. The largest absolute Gasteiger partial charge is 0.416 e. The summed E-state index contributed by atoms with van der Waals surface area (Å²) in [6, 6.07) is 4.12. The third kappa shape index (κ3) is 3.92. The molecule has 4 rings (SSSR count). The van der Waals surface area contributed by atoms with E-state index in [0.717, 1.165) is 12.1 Å². The quantitative estimate of drug-likeness (QED) is 0.683. The van der Waals surface area contributed by atoms with Gasteiger partial charge in [0, 0.05) is 13.1 Å². The summed E-state index contributed by atoms with van der Waals surface area (Å²) in [5, 5.41) is 4.45. The molecule has 1 aliphatic rings. The SMILES string of the molecule is Cc1nc2c(c(C(=O)N3CCOCC3)nn2[C@H](C)c2ccc(C(F)(F)F)cc2)c(=O)[nH]1. The molecule has 0 aliphatic carbocycles. The van der Waals surface area contributed by atoms with Crippen molar-refractivity contribution in [2.75, 3.05) is 26.3 Å². The normalized spacial score (nSPS) is 16.0. The maximum absolute atomic E-state index is 13.1. The summed E-state index contributed by atoms with van der Waals surface area (Å²) < 4.78 is 45.4. The number of nitrogens with one attached hydrogen (secondary N) is 1. The molecule has 1 aromatic carbocycles. The molecule has 1 aliphatic heterocycles. The number of H-pyrrole nitrogens is 1. The first-order valence-electron chi connectivity index (χ1n) is 9.70. The third-order valence-electron chi connectivity index (χ3n) is 5.27. The number of hydrogen-bond acceptors (Lipinski definition) is 5. The molecule has 3 aromatic rings. The van der Waals surface area contributed by atoms with Crippen molar-refractivity contribution in [2.45, 2.75) is 26.1 Å². The fraction of sp³-hybridized carbons (Fsp3) is 0.400. The Morgan fingerprint density at radius 2 is 1.84 bits per heavy atom. The number of aryl methyl sites for hydroxylation is 1. The van der Waals surface area contributed by atoms with E-state index >= 15 is 0 Å². The Balaban J connectivity index is 1.80. The predicted octanol–water partition coefficient (Wildman–Crippen LogP) is 2.53. The summed E-state index contributed by atoms with van der Waals surface area (Å²) in [5.41, 5.74) is -0.565. The van der Waals surface area contributed by atoms with E-state index in [1.165, 1.54) is 16.8 Å². The molecule has 0 radical (unpaired) electrons. The van der Waals surface area contributed by atoms with E-state index in [9.17, 15) is 22.8 Å². The van der Waals surface area contributed by atoms with Crippen LogP contribution in [0.5, 0.6) is 0 Å². The number of aromatic amines is 1. The highest BCUT2D eigenvalue weighted by Crippen LogP contribution is 2.31. The van der Waals surface area contributed by atoms with Gasteiger partial charge >= 0.3 is 6.18 Å². The van der Waals surface area contributed by atoms with Gasteiger partial charge in [-0.2, -0.15) is 18.3 Å². The lowest BCUT2D eigenvalue weighted by Gasteiger charge is -2.26. The van der Waals surface area contributed by atoms with Crippen molar-refractivity contribution in [3.05, 3.63) is 57.3 Å². The lowest BCUT2D eigenvalue weighted by Crippen LogP contribution is -2.41. The van der Waals surface area contributed by atoms with E-state index in [1.807, 2.05) is 0 Å². The Morgan fingerprint density at radius 1 is 1.19 bits per heavy atom. The molecule has 164 valence electrons. The first kappa shape index (κ1) is 21.0. The van der Waals surface area contributed by atoms with Crippen molar-refractivity contribution in [1.29, 1.82) is 0 Å². The molecule has 0 unspecified atom stereocenters. The smallest absolute Gasteiger partial charge is 0.378 e. The van der Waals surface area contributed by atoms with Gasteiger partial charge < -0.3 is 14.6 Å². The summed E-state index contributed by atoms with van der Waals surface area (Å²) in [6.07, 6.45) is -4.44. The summed E-state index contributed by atoms with van der Waals surface area (Å²) in [5.74, 6) is -0.0773. The fourth-order valence-corrected chi connectivity index (χ4v) is 3.58. The molecule has 2 aromatic heterocycles. The van der Waals surface area contributed by atoms with E-state index in [0.29, 0.717) is 37.7 Å². The standard InChI is InChI=1S/C20H20F3N5O3/c1-11(13-3-5-14(6-4-13)20(21,22)23)28-17-15(18(29)25-12(2)24-17)16(26-28)19(30)27-7-9-31-10-8-27/h3-6,11H,7-10H2,1-2H3,(H,24,25,29)/t11-/m1/s1. The summed E-state index contributed by atoms with van der Waals surface area (Å²) in [7, 11) is 0. The van der Waals surface area contributed by atoms with Crippen LogP contribution in [0.15, 0.2) is 29.1 Å². The zero-order valence-electron chi connectivity index (χ0n) is 16.9. The molecule has 1 saturated heterocycles. The van der Waals surface area contributed by atoms with Crippen LogP contribution in [0.1, 0.15) is 40.4 Å². The second-order valence-corrected chi connectivity index (χ2v) is 7.34. The Bertz CT molecular complexity index is 1180. The Morgan fingerprint density at radius 3 is 2.45 bits per heavy atom. The molecule has 1 N–H and O–H groups in total. The average molecular weight is 435 g/mol. The van der Waals surface area contributed by atoms with Crippen LogP contribution < -0.4 is 5.56 Å². The topological polar surface area (TPSA) is 93.1 Å². The highest BCUT2D eigenvalue weighted by Gasteiger charge is 2.31. The first-order chi connectivity index (χ1) is 14.7. The zero-order valence-corrected chi connectivity index (χ0v) is 16.9. The number of carbonyl (C=O) groups is 1. The number of alkyl halides is 3. The number of hydrogen-bond donors (Lipinski definition) is 1. The number of fused-ring (bicyclic) bond motifs is 1. The van der Waals surface area contributed by atoms with E-state index < -0.39 is 29.2 Å². The number of ether oxygens (including phenoxy) is 1. The molecule has 0 bridgehead atoms. The monoisotopic (exact) mass is 435 g/mol. The van der Waals surface area contributed by atoms with Crippen LogP contribution in [-0.4, -0.2) is 56.9 Å². The van der Waals surface area contributed by atoms with Crippen LogP contribution in [0.25, 0.3) is 11.0 Å². The van der Waals surface area contributed by atoms with Gasteiger partial charge in [0.15, 0.2) is 11.3 Å². The minimum atomic E-state index is -4.44. The molecule has 1 fully saturated rings. The lowest BCUT2D eigenvalue weighted by atomic mass is 10.1. The van der Waals surface area contributed by atoms with Crippen LogP contribution in [-0.2, 0) is 10.9 Å². The highest BCUT2D eigenvalue weighted by molar-refractivity contribution is 6.03. The van der Waals surface area contributed by atoms with E-state index in [1.54, 1.807) is 18.7 Å². The van der Waals surface area contributed by atoms with E-state index in [-0.39, 0.29) is 16.7 Å². The number of rotatable bonds is 3. The molecule has 3 heterocycles. The predicted molar refractivity (Wildman–Crippen MR) is 105 cm³/mol.